The molecule has 0 aromatic carbocycles. The monoisotopic (exact) mass is 284 g/mol. The molecule has 0 aromatic heterocycles. The van der Waals surface area contributed by atoms with Crippen molar-refractivity contribution in [2.45, 2.75) is 51.7 Å². The highest BCUT2D eigenvalue weighted by Gasteiger charge is 2.36. The molecule has 1 saturated carbocycles. The summed E-state index contributed by atoms with van der Waals surface area (Å²) in [4.78, 5) is 2.74. The molecule has 2 nitrogen and oxygen atoms in total. The summed E-state index contributed by atoms with van der Waals surface area (Å²) in [6.07, 6.45) is 5.73. The first-order valence-electron chi connectivity index (χ1n) is 8.18. The predicted octanol–water partition coefficient (Wildman–Crippen LogP) is 3.23. The lowest BCUT2D eigenvalue weighted by Crippen LogP contribution is -2.49. The van der Waals surface area contributed by atoms with Gasteiger partial charge in [-0.1, -0.05) is 33.6 Å². The van der Waals surface area contributed by atoms with E-state index >= 15 is 0 Å². The van der Waals surface area contributed by atoms with E-state index in [9.17, 15) is 0 Å². The number of hydrogen-bond acceptors (Lipinski definition) is 3. The Morgan fingerprint density at radius 2 is 2.00 bits per heavy atom. The Morgan fingerprint density at radius 3 is 2.63 bits per heavy atom. The van der Waals surface area contributed by atoms with Gasteiger partial charge < -0.3 is 10.2 Å². The molecule has 0 spiro atoms. The summed E-state index contributed by atoms with van der Waals surface area (Å²) in [5.74, 6) is 2.28. The lowest BCUT2D eigenvalue weighted by molar-refractivity contribution is 0.0890. The number of hydrogen-bond donors (Lipinski definition) is 1. The van der Waals surface area contributed by atoms with Gasteiger partial charge in [0.15, 0.2) is 0 Å². The lowest BCUT2D eigenvalue weighted by Gasteiger charge is -2.44. The van der Waals surface area contributed by atoms with Crippen LogP contribution in [0.25, 0.3) is 0 Å². The molecule has 1 atom stereocenters. The molecule has 0 amide bonds. The van der Waals surface area contributed by atoms with Crippen molar-refractivity contribution in [1.82, 2.24) is 10.2 Å². The second-order valence-electron chi connectivity index (χ2n) is 6.88. The van der Waals surface area contributed by atoms with Crippen LogP contribution in [0.3, 0.4) is 0 Å². The average molecular weight is 285 g/mol. The third-order valence-electron chi connectivity index (χ3n) is 4.97. The van der Waals surface area contributed by atoms with E-state index in [1.165, 1.54) is 57.6 Å². The van der Waals surface area contributed by atoms with Crippen molar-refractivity contribution in [2.24, 2.45) is 11.3 Å². The zero-order valence-corrected chi connectivity index (χ0v) is 13.9. The Bertz CT molecular complexity index is 256. The Morgan fingerprint density at radius 1 is 1.26 bits per heavy atom. The zero-order valence-electron chi connectivity index (χ0n) is 13.1. The topological polar surface area (TPSA) is 15.3 Å². The van der Waals surface area contributed by atoms with E-state index in [0.717, 1.165) is 17.7 Å². The number of nitrogens with one attached hydrogen (secondary N) is 1. The second kappa shape index (κ2) is 7.33. The van der Waals surface area contributed by atoms with Crippen LogP contribution < -0.4 is 5.32 Å². The first-order valence-corrected chi connectivity index (χ1v) is 9.23. The normalized spacial score (nSPS) is 37.4. The molecule has 1 saturated heterocycles. The quantitative estimate of drug-likeness (QED) is 0.834. The Hall–Kier alpha value is 0.270. The summed E-state index contributed by atoms with van der Waals surface area (Å²) in [5, 5.41) is 4.47. The SMILES string of the molecule is CCNCC1(CN2CCSC(C)C2)CCC(C)CC1. The summed E-state index contributed by atoms with van der Waals surface area (Å²) in [6.45, 7) is 13.3. The fourth-order valence-corrected chi connectivity index (χ4v) is 4.75. The molecule has 1 unspecified atom stereocenters. The highest BCUT2D eigenvalue weighted by atomic mass is 32.2. The molecular formula is C16H32N2S. The van der Waals surface area contributed by atoms with Crippen molar-refractivity contribution in [3.05, 3.63) is 0 Å². The molecule has 19 heavy (non-hydrogen) atoms. The highest BCUT2D eigenvalue weighted by Crippen LogP contribution is 2.39. The minimum absolute atomic E-state index is 0.560. The van der Waals surface area contributed by atoms with E-state index in [2.05, 4.69) is 42.7 Å². The molecule has 2 aliphatic rings. The van der Waals surface area contributed by atoms with Gasteiger partial charge in [-0.25, -0.2) is 0 Å². The maximum absolute atomic E-state index is 3.64. The standard InChI is InChI=1S/C16H32N2S/c1-4-17-12-16(7-5-14(2)6-8-16)13-18-9-10-19-15(3)11-18/h14-15,17H,4-13H2,1-3H3. The van der Waals surface area contributed by atoms with Gasteiger partial charge in [-0.15, -0.1) is 0 Å². The Balaban J connectivity index is 1.92. The largest absolute Gasteiger partial charge is 0.316 e. The van der Waals surface area contributed by atoms with E-state index in [-0.39, 0.29) is 0 Å². The molecule has 1 heterocycles. The van der Waals surface area contributed by atoms with Crippen molar-refractivity contribution in [3.8, 4) is 0 Å². The second-order valence-corrected chi connectivity index (χ2v) is 8.43. The van der Waals surface area contributed by atoms with Crippen molar-refractivity contribution in [1.29, 1.82) is 0 Å². The van der Waals surface area contributed by atoms with Crippen LogP contribution in [0, 0.1) is 11.3 Å². The van der Waals surface area contributed by atoms with Gasteiger partial charge in [-0.05, 0) is 30.7 Å². The summed E-state index contributed by atoms with van der Waals surface area (Å²) < 4.78 is 0. The lowest BCUT2D eigenvalue weighted by atomic mass is 9.70. The first kappa shape index (κ1) is 15.7. The molecule has 1 N–H and O–H groups in total. The van der Waals surface area contributed by atoms with Gasteiger partial charge in [0.1, 0.15) is 0 Å². The molecule has 112 valence electrons. The maximum Gasteiger partial charge on any atom is 0.0147 e. The van der Waals surface area contributed by atoms with E-state index in [0.29, 0.717) is 5.41 Å². The van der Waals surface area contributed by atoms with Crippen LogP contribution in [-0.2, 0) is 0 Å². The van der Waals surface area contributed by atoms with Gasteiger partial charge in [0.05, 0.1) is 0 Å². The van der Waals surface area contributed by atoms with Crippen molar-refractivity contribution in [2.75, 3.05) is 38.5 Å². The Kier molecular flexibility index (Phi) is 6.04. The average Bonchev–Trinajstić information content (AvgIpc) is 2.40. The van der Waals surface area contributed by atoms with Crippen molar-refractivity contribution in [3.63, 3.8) is 0 Å². The summed E-state index contributed by atoms with van der Waals surface area (Å²) in [5.41, 5.74) is 0.560. The van der Waals surface area contributed by atoms with E-state index in [1.54, 1.807) is 0 Å². The minimum atomic E-state index is 0.560. The van der Waals surface area contributed by atoms with Gasteiger partial charge in [-0.2, -0.15) is 11.8 Å². The third-order valence-corrected chi connectivity index (χ3v) is 6.11. The molecule has 0 radical (unpaired) electrons. The zero-order chi connectivity index (χ0) is 13.7. The molecule has 2 rings (SSSR count). The first-order chi connectivity index (χ1) is 9.13. The fourth-order valence-electron chi connectivity index (χ4n) is 3.66. The molecule has 1 aliphatic carbocycles. The smallest absolute Gasteiger partial charge is 0.0147 e. The summed E-state index contributed by atoms with van der Waals surface area (Å²) >= 11 is 2.14. The third kappa shape index (κ3) is 4.64. The molecule has 0 aromatic rings. The van der Waals surface area contributed by atoms with Crippen LogP contribution in [0.4, 0.5) is 0 Å². The van der Waals surface area contributed by atoms with E-state index in [4.69, 9.17) is 0 Å². The summed E-state index contributed by atoms with van der Waals surface area (Å²) in [6, 6.07) is 0. The fraction of sp³-hybridized carbons (Fsp3) is 1.00. The van der Waals surface area contributed by atoms with Crippen LogP contribution in [0.2, 0.25) is 0 Å². The molecule has 2 fully saturated rings. The molecule has 0 bridgehead atoms. The highest BCUT2D eigenvalue weighted by molar-refractivity contribution is 7.99. The van der Waals surface area contributed by atoms with Crippen molar-refractivity contribution >= 4 is 11.8 Å². The number of nitrogens with zero attached hydrogens (tertiary/aromatic N) is 1. The minimum Gasteiger partial charge on any atom is -0.316 e. The molecule has 3 heteroatoms. The van der Waals surface area contributed by atoms with Crippen LogP contribution in [-0.4, -0.2) is 48.6 Å². The van der Waals surface area contributed by atoms with Gasteiger partial charge in [0.2, 0.25) is 0 Å². The van der Waals surface area contributed by atoms with Gasteiger partial charge in [0.25, 0.3) is 0 Å². The number of rotatable bonds is 5. The molecule has 1 aliphatic heterocycles. The maximum atomic E-state index is 3.64. The Labute approximate surface area is 124 Å². The van der Waals surface area contributed by atoms with Crippen molar-refractivity contribution < 1.29 is 0 Å². The van der Waals surface area contributed by atoms with E-state index < -0.39 is 0 Å². The molecular weight excluding hydrogens is 252 g/mol. The van der Waals surface area contributed by atoms with Crippen LogP contribution in [0.5, 0.6) is 0 Å². The van der Waals surface area contributed by atoms with Gasteiger partial charge in [-0.3, -0.25) is 0 Å². The van der Waals surface area contributed by atoms with Gasteiger partial charge >= 0.3 is 0 Å². The van der Waals surface area contributed by atoms with Gasteiger partial charge in [0, 0.05) is 37.2 Å². The van der Waals surface area contributed by atoms with Crippen LogP contribution in [0.15, 0.2) is 0 Å². The van der Waals surface area contributed by atoms with Crippen LogP contribution >= 0.6 is 11.8 Å². The number of thioether (sulfide) groups is 1. The predicted molar refractivity (Wildman–Crippen MR) is 87.0 cm³/mol. The van der Waals surface area contributed by atoms with E-state index in [1.807, 2.05) is 0 Å². The van der Waals surface area contributed by atoms with Crippen LogP contribution in [0.1, 0.15) is 46.5 Å². The summed E-state index contributed by atoms with van der Waals surface area (Å²) in [7, 11) is 0.